The van der Waals surface area contributed by atoms with Crippen LogP contribution in [0.4, 0.5) is 0 Å². The fraction of sp³-hybridized carbons (Fsp3) is 0.545. The molecular weight excluding hydrogens is 254 g/mol. The quantitative estimate of drug-likeness (QED) is 0.698. The van der Waals surface area contributed by atoms with E-state index in [0.29, 0.717) is 31.2 Å². The largest absolute Gasteiger partial charge is 0.391 e. The van der Waals surface area contributed by atoms with Crippen LogP contribution in [0.2, 0.25) is 0 Å². The Labute approximate surface area is 108 Å². The highest BCUT2D eigenvalue weighted by Gasteiger charge is 2.28. The third-order valence-electron chi connectivity index (χ3n) is 3.24. The molecule has 1 atom stereocenters. The molecule has 0 unspecified atom stereocenters. The molecular formula is C11H13N3O3S. The molecule has 6 nitrogen and oxygen atoms in total. The first-order valence-electron chi connectivity index (χ1n) is 5.87. The van der Waals surface area contributed by atoms with Gasteiger partial charge in [-0.1, -0.05) is 11.8 Å². The predicted molar refractivity (Wildman–Crippen MR) is 65.7 cm³/mol. The number of nitrogens with zero attached hydrogens (tertiary/aromatic N) is 3. The molecule has 7 heteroatoms. The number of aliphatic hydroxyl groups excluding tert-OH is 1. The van der Waals surface area contributed by atoms with Crippen LogP contribution >= 0.6 is 11.8 Å². The van der Waals surface area contributed by atoms with Crippen LogP contribution in [0.25, 0.3) is 0 Å². The van der Waals surface area contributed by atoms with Gasteiger partial charge in [-0.2, -0.15) is 0 Å². The highest BCUT2D eigenvalue weighted by Crippen LogP contribution is 2.21. The van der Waals surface area contributed by atoms with E-state index in [0.717, 1.165) is 5.75 Å². The Morgan fingerprint density at radius 3 is 3.06 bits per heavy atom. The van der Waals surface area contributed by atoms with Gasteiger partial charge in [-0.3, -0.25) is 14.2 Å². The lowest BCUT2D eigenvalue weighted by Crippen LogP contribution is -2.36. The number of β-amino-alcohol motifs (C(OH)–C–C–N with tert-alkyl or cyclic N) is 1. The number of hydrogen-bond donors (Lipinski definition) is 1. The van der Waals surface area contributed by atoms with Crippen molar-refractivity contribution < 1.29 is 9.90 Å². The fourth-order valence-electron chi connectivity index (χ4n) is 2.26. The van der Waals surface area contributed by atoms with Crippen molar-refractivity contribution in [2.75, 3.05) is 18.8 Å². The summed E-state index contributed by atoms with van der Waals surface area (Å²) in [5.74, 6) is 0.499. The van der Waals surface area contributed by atoms with Gasteiger partial charge in [0.1, 0.15) is 5.56 Å². The number of aliphatic hydroxyl groups is 1. The van der Waals surface area contributed by atoms with Gasteiger partial charge in [-0.25, -0.2) is 4.98 Å². The van der Waals surface area contributed by atoms with Crippen molar-refractivity contribution in [3.8, 4) is 0 Å². The molecule has 1 saturated heterocycles. The molecule has 1 fully saturated rings. The Morgan fingerprint density at radius 1 is 1.50 bits per heavy atom. The van der Waals surface area contributed by atoms with E-state index >= 15 is 0 Å². The summed E-state index contributed by atoms with van der Waals surface area (Å²) in [6.07, 6.45) is 1.45. The van der Waals surface area contributed by atoms with Crippen LogP contribution in [-0.4, -0.2) is 50.4 Å². The highest BCUT2D eigenvalue weighted by atomic mass is 32.2. The van der Waals surface area contributed by atoms with Crippen LogP contribution in [0.3, 0.4) is 0 Å². The molecule has 1 amide bonds. The molecule has 0 radical (unpaired) electrons. The number of fused-ring (bicyclic) bond motifs is 1. The molecule has 0 saturated carbocycles. The molecule has 0 aliphatic carbocycles. The van der Waals surface area contributed by atoms with E-state index in [2.05, 4.69) is 4.98 Å². The van der Waals surface area contributed by atoms with Crippen LogP contribution < -0.4 is 5.56 Å². The number of amides is 1. The van der Waals surface area contributed by atoms with Crippen LogP contribution in [0.1, 0.15) is 16.8 Å². The molecule has 0 spiro atoms. The van der Waals surface area contributed by atoms with Crippen LogP contribution in [-0.2, 0) is 6.54 Å². The summed E-state index contributed by atoms with van der Waals surface area (Å²) in [4.78, 5) is 30.0. The fourth-order valence-corrected chi connectivity index (χ4v) is 3.17. The van der Waals surface area contributed by atoms with Crippen molar-refractivity contribution in [1.29, 1.82) is 0 Å². The van der Waals surface area contributed by atoms with Gasteiger partial charge in [0.25, 0.3) is 11.5 Å². The number of hydrogen-bond acceptors (Lipinski definition) is 5. The number of likely N-dealkylation sites (tertiary alicyclic amines) is 1. The highest BCUT2D eigenvalue weighted by molar-refractivity contribution is 7.99. The number of carbonyl (C=O) groups is 1. The van der Waals surface area contributed by atoms with Gasteiger partial charge in [-0.15, -0.1) is 0 Å². The Bertz CT molecular complexity index is 557. The van der Waals surface area contributed by atoms with Crippen molar-refractivity contribution in [1.82, 2.24) is 14.5 Å². The van der Waals surface area contributed by atoms with Crippen LogP contribution in [0, 0.1) is 0 Å². The molecule has 2 aliphatic heterocycles. The molecule has 2 aliphatic rings. The monoisotopic (exact) mass is 267 g/mol. The Kier molecular flexibility index (Phi) is 2.87. The molecule has 0 aromatic carbocycles. The summed E-state index contributed by atoms with van der Waals surface area (Å²) >= 11 is 1.52. The maximum absolute atomic E-state index is 12.2. The second-order valence-electron chi connectivity index (χ2n) is 4.45. The lowest BCUT2D eigenvalue weighted by molar-refractivity contribution is 0.0761. The van der Waals surface area contributed by atoms with Gasteiger partial charge >= 0.3 is 0 Å². The van der Waals surface area contributed by atoms with Gasteiger partial charge < -0.3 is 10.0 Å². The summed E-state index contributed by atoms with van der Waals surface area (Å²) < 4.78 is 1.55. The van der Waals surface area contributed by atoms with E-state index in [1.165, 1.54) is 22.9 Å². The van der Waals surface area contributed by atoms with Crippen molar-refractivity contribution in [2.24, 2.45) is 0 Å². The summed E-state index contributed by atoms with van der Waals surface area (Å²) in [6.45, 7) is 1.40. The van der Waals surface area contributed by atoms with E-state index < -0.39 is 6.10 Å². The van der Waals surface area contributed by atoms with E-state index in [4.69, 9.17) is 0 Å². The van der Waals surface area contributed by atoms with Gasteiger partial charge in [-0.05, 0) is 6.42 Å². The Morgan fingerprint density at radius 2 is 2.33 bits per heavy atom. The van der Waals surface area contributed by atoms with Crippen molar-refractivity contribution >= 4 is 17.7 Å². The van der Waals surface area contributed by atoms with E-state index in [1.54, 1.807) is 4.57 Å². The standard InChI is InChI=1S/C11H13N3O3S/c15-7-1-2-13(6-7)9(16)8-5-12-11-14(10(8)17)3-4-18-11/h5,7,15H,1-4,6H2/t7-/m1/s1. The van der Waals surface area contributed by atoms with Crippen LogP contribution in [0.5, 0.6) is 0 Å². The van der Waals surface area contributed by atoms with Gasteiger partial charge in [0, 0.05) is 31.6 Å². The van der Waals surface area contributed by atoms with Crippen molar-refractivity contribution in [3.63, 3.8) is 0 Å². The smallest absolute Gasteiger partial charge is 0.267 e. The lowest BCUT2D eigenvalue weighted by Gasteiger charge is -2.15. The van der Waals surface area contributed by atoms with Gasteiger partial charge in [0.2, 0.25) is 0 Å². The second kappa shape index (κ2) is 4.40. The van der Waals surface area contributed by atoms with E-state index in [-0.39, 0.29) is 17.0 Å². The van der Waals surface area contributed by atoms with Gasteiger partial charge in [0.05, 0.1) is 6.10 Å². The summed E-state index contributed by atoms with van der Waals surface area (Å²) in [5, 5.41) is 10.1. The van der Waals surface area contributed by atoms with Crippen LogP contribution in [0.15, 0.2) is 16.1 Å². The van der Waals surface area contributed by atoms with Crippen molar-refractivity contribution in [2.45, 2.75) is 24.2 Å². The molecule has 96 valence electrons. The molecule has 0 bridgehead atoms. The zero-order valence-corrected chi connectivity index (χ0v) is 10.5. The zero-order chi connectivity index (χ0) is 12.7. The third-order valence-corrected chi connectivity index (χ3v) is 4.21. The Hall–Kier alpha value is -1.34. The zero-order valence-electron chi connectivity index (χ0n) is 9.70. The number of carbonyl (C=O) groups excluding carboxylic acids is 1. The van der Waals surface area contributed by atoms with Gasteiger partial charge in [0.15, 0.2) is 5.16 Å². The molecule has 18 heavy (non-hydrogen) atoms. The minimum absolute atomic E-state index is 0.107. The van der Waals surface area contributed by atoms with Crippen molar-refractivity contribution in [3.05, 3.63) is 22.1 Å². The average Bonchev–Trinajstić information content (AvgIpc) is 2.97. The number of aromatic nitrogens is 2. The first-order valence-corrected chi connectivity index (χ1v) is 6.85. The maximum atomic E-state index is 12.2. The summed E-state index contributed by atoms with van der Waals surface area (Å²) in [7, 11) is 0. The molecule has 1 aromatic rings. The lowest BCUT2D eigenvalue weighted by atomic mass is 10.3. The maximum Gasteiger partial charge on any atom is 0.267 e. The third kappa shape index (κ3) is 1.83. The molecule has 1 aromatic heterocycles. The Balaban J connectivity index is 1.93. The number of thioether (sulfide) groups is 1. The second-order valence-corrected chi connectivity index (χ2v) is 5.52. The first-order chi connectivity index (χ1) is 8.66. The normalized spacial score (nSPS) is 22.3. The predicted octanol–water partition coefficient (Wildman–Crippen LogP) is -0.444. The SMILES string of the molecule is O=C(c1cnc2n(c1=O)CCS2)N1CC[C@@H](O)C1. The number of rotatable bonds is 1. The molecule has 1 N–H and O–H groups in total. The minimum Gasteiger partial charge on any atom is -0.391 e. The average molecular weight is 267 g/mol. The topological polar surface area (TPSA) is 75.4 Å². The summed E-state index contributed by atoms with van der Waals surface area (Å²) in [5.41, 5.74) is -0.160. The van der Waals surface area contributed by atoms with E-state index in [9.17, 15) is 14.7 Å². The minimum atomic E-state index is -0.477. The molecule has 3 rings (SSSR count). The molecule has 3 heterocycles. The summed E-state index contributed by atoms with van der Waals surface area (Å²) in [6, 6.07) is 0. The van der Waals surface area contributed by atoms with E-state index in [1.807, 2.05) is 0 Å². The first kappa shape index (κ1) is 11.7.